The van der Waals surface area contributed by atoms with E-state index >= 15 is 0 Å². The summed E-state index contributed by atoms with van der Waals surface area (Å²) in [6.07, 6.45) is 1.46. The van der Waals surface area contributed by atoms with E-state index in [1.807, 2.05) is 0 Å². The molecule has 1 aromatic heterocycles. The Hall–Kier alpha value is -2.68. The highest BCUT2D eigenvalue weighted by atomic mass is 35.5. The normalized spacial score (nSPS) is 11.4. The lowest BCUT2D eigenvalue weighted by Crippen LogP contribution is -2.21. The van der Waals surface area contributed by atoms with E-state index in [0.29, 0.717) is 5.02 Å². The van der Waals surface area contributed by atoms with Gasteiger partial charge >= 0.3 is 0 Å². The number of hydrogen-bond donors (Lipinski definition) is 2. The number of hydrogen-bond acceptors (Lipinski definition) is 5. The Balaban J connectivity index is 1.75. The molecule has 1 heterocycles. The number of carbonyl (C=O) groups excluding carboxylic acids is 1. The first kappa shape index (κ1) is 19.1. The molecule has 0 radical (unpaired) electrons. The first-order valence-corrected chi connectivity index (χ1v) is 10.4. The number of nitrogens with zero attached hydrogens (tertiary/aromatic N) is 1. The molecule has 9 heteroatoms. The molecule has 0 saturated carbocycles. The van der Waals surface area contributed by atoms with Crippen molar-refractivity contribution in [3.8, 4) is 0 Å². The number of anilines is 1. The van der Waals surface area contributed by atoms with Crippen LogP contribution in [-0.2, 0) is 10.0 Å². The number of carbonyl (C=O) groups is 1. The minimum Gasteiger partial charge on any atom is -0.278 e. The van der Waals surface area contributed by atoms with Gasteiger partial charge in [0.15, 0.2) is 0 Å². The fourth-order valence-corrected chi connectivity index (χ4v) is 4.35. The minimum absolute atomic E-state index is 0.158. The van der Waals surface area contributed by atoms with Gasteiger partial charge in [0.2, 0.25) is 0 Å². The van der Waals surface area contributed by atoms with Crippen LogP contribution in [0.15, 0.2) is 75.4 Å². The molecule has 27 heavy (non-hydrogen) atoms. The van der Waals surface area contributed by atoms with Crippen LogP contribution in [0.1, 0.15) is 15.9 Å². The third-order valence-corrected chi connectivity index (χ3v) is 6.44. The largest absolute Gasteiger partial charge is 0.278 e. The van der Waals surface area contributed by atoms with Crippen LogP contribution in [0.25, 0.3) is 0 Å². The van der Waals surface area contributed by atoms with Crippen LogP contribution in [0.2, 0.25) is 5.02 Å². The number of halogens is 1. The topological polar surface area (TPSA) is 87.6 Å². The molecule has 0 aliphatic heterocycles. The van der Waals surface area contributed by atoms with E-state index in [4.69, 9.17) is 11.6 Å². The van der Waals surface area contributed by atoms with Gasteiger partial charge in [0.05, 0.1) is 17.5 Å². The van der Waals surface area contributed by atoms with Crippen molar-refractivity contribution in [2.45, 2.75) is 4.21 Å². The fraction of sp³-hybridized carbons (Fsp3) is 0. The van der Waals surface area contributed by atoms with Crippen LogP contribution in [0, 0.1) is 0 Å². The maximum absolute atomic E-state index is 12.4. The zero-order valence-electron chi connectivity index (χ0n) is 13.8. The van der Waals surface area contributed by atoms with E-state index in [1.54, 1.807) is 47.8 Å². The van der Waals surface area contributed by atoms with E-state index in [2.05, 4.69) is 15.2 Å². The predicted molar refractivity (Wildman–Crippen MR) is 108 cm³/mol. The Labute approximate surface area is 165 Å². The third-order valence-electron chi connectivity index (χ3n) is 3.43. The molecule has 0 aliphatic rings. The van der Waals surface area contributed by atoms with Crippen molar-refractivity contribution in [2.75, 3.05) is 4.72 Å². The van der Waals surface area contributed by atoms with E-state index in [0.717, 1.165) is 16.9 Å². The molecule has 3 aromatic rings. The molecule has 2 N–H and O–H groups in total. The lowest BCUT2D eigenvalue weighted by molar-refractivity contribution is 0.0956. The van der Waals surface area contributed by atoms with Gasteiger partial charge < -0.3 is 0 Å². The number of hydrazone groups is 1. The second-order valence-electron chi connectivity index (χ2n) is 5.33. The van der Waals surface area contributed by atoms with Crippen molar-refractivity contribution in [3.63, 3.8) is 0 Å². The molecule has 0 fully saturated rings. The smallest absolute Gasteiger partial charge is 0.273 e. The number of thiophene rings is 1. The molecule has 0 saturated heterocycles. The Kier molecular flexibility index (Phi) is 5.90. The fourth-order valence-electron chi connectivity index (χ4n) is 2.16. The van der Waals surface area contributed by atoms with Gasteiger partial charge in [0.25, 0.3) is 15.9 Å². The van der Waals surface area contributed by atoms with Crippen LogP contribution in [0.3, 0.4) is 0 Å². The van der Waals surface area contributed by atoms with Gasteiger partial charge in [-0.3, -0.25) is 9.52 Å². The van der Waals surface area contributed by atoms with Gasteiger partial charge in [-0.15, -0.1) is 11.3 Å². The predicted octanol–water partition coefficient (Wildman–Crippen LogP) is 3.97. The molecule has 1 amide bonds. The number of para-hydroxylation sites is 1. The maximum atomic E-state index is 12.4. The monoisotopic (exact) mass is 419 g/mol. The second-order valence-corrected chi connectivity index (χ2v) is 8.63. The summed E-state index contributed by atoms with van der Waals surface area (Å²) in [6.45, 7) is 0. The Morgan fingerprint density at radius 2 is 1.78 bits per heavy atom. The van der Waals surface area contributed by atoms with Crippen LogP contribution < -0.4 is 10.1 Å². The summed E-state index contributed by atoms with van der Waals surface area (Å²) < 4.78 is 27.4. The molecule has 0 atom stereocenters. The van der Waals surface area contributed by atoms with Gasteiger partial charge in [0, 0.05) is 5.02 Å². The van der Waals surface area contributed by atoms with Gasteiger partial charge in [-0.2, -0.15) is 5.10 Å². The summed E-state index contributed by atoms with van der Waals surface area (Å²) >= 11 is 6.91. The van der Waals surface area contributed by atoms with Gasteiger partial charge in [0.1, 0.15) is 4.21 Å². The average Bonchev–Trinajstić information content (AvgIpc) is 3.19. The molecular formula is C18H14ClN3O3S2. The zero-order chi connectivity index (χ0) is 19.3. The molecule has 2 aromatic carbocycles. The highest BCUT2D eigenvalue weighted by Crippen LogP contribution is 2.22. The molecule has 0 spiro atoms. The van der Waals surface area contributed by atoms with Crippen molar-refractivity contribution in [1.82, 2.24) is 5.43 Å². The molecule has 0 unspecified atom stereocenters. The van der Waals surface area contributed by atoms with Crippen LogP contribution in [0.4, 0.5) is 5.69 Å². The molecule has 3 rings (SSSR count). The quantitative estimate of drug-likeness (QED) is 0.468. The van der Waals surface area contributed by atoms with Gasteiger partial charge in [-0.1, -0.05) is 41.9 Å². The zero-order valence-corrected chi connectivity index (χ0v) is 16.2. The van der Waals surface area contributed by atoms with Crippen molar-refractivity contribution < 1.29 is 13.2 Å². The molecule has 0 aliphatic carbocycles. The summed E-state index contributed by atoms with van der Waals surface area (Å²) in [5.41, 5.74) is 3.47. The van der Waals surface area contributed by atoms with Crippen molar-refractivity contribution in [3.05, 3.63) is 82.2 Å². The summed E-state index contributed by atoms with van der Waals surface area (Å²) in [5.74, 6) is -0.537. The first-order valence-electron chi connectivity index (χ1n) is 7.70. The number of amides is 1. The van der Waals surface area contributed by atoms with Crippen LogP contribution >= 0.6 is 22.9 Å². The van der Waals surface area contributed by atoms with E-state index in [1.165, 1.54) is 24.4 Å². The summed E-state index contributed by atoms with van der Waals surface area (Å²) in [6, 6.07) is 16.4. The third kappa shape index (κ3) is 4.94. The lowest BCUT2D eigenvalue weighted by atomic mass is 10.2. The summed E-state index contributed by atoms with van der Waals surface area (Å²) in [5, 5.41) is 6.16. The van der Waals surface area contributed by atoms with E-state index in [9.17, 15) is 13.2 Å². The van der Waals surface area contributed by atoms with Crippen molar-refractivity contribution in [2.24, 2.45) is 5.10 Å². The van der Waals surface area contributed by atoms with Crippen LogP contribution in [-0.4, -0.2) is 20.5 Å². The Morgan fingerprint density at radius 3 is 2.48 bits per heavy atom. The van der Waals surface area contributed by atoms with E-state index in [-0.39, 0.29) is 15.5 Å². The number of nitrogens with one attached hydrogen (secondary N) is 2. The molecular weight excluding hydrogens is 406 g/mol. The average molecular weight is 420 g/mol. The second kappa shape index (κ2) is 8.34. The summed E-state index contributed by atoms with van der Waals surface area (Å²) in [7, 11) is -3.76. The Bertz CT molecular complexity index is 1060. The molecule has 6 nitrogen and oxygen atoms in total. The van der Waals surface area contributed by atoms with Crippen LogP contribution in [0.5, 0.6) is 0 Å². The maximum Gasteiger partial charge on any atom is 0.273 e. The van der Waals surface area contributed by atoms with Crippen molar-refractivity contribution >= 4 is 50.8 Å². The number of sulfonamides is 1. The lowest BCUT2D eigenvalue weighted by Gasteiger charge is -2.10. The minimum atomic E-state index is -3.76. The SMILES string of the molecule is O=C(N/N=C\c1ccc(Cl)cc1)c1ccccc1NS(=O)(=O)c1cccs1. The first-order chi connectivity index (χ1) is 13.0. The highest BCUT2D eigenvalue weighted by molar-refractivity contribution is 7.94. The standard InChI is InChI=1S/C18H14ClN3O3S2/c19-14-9-7-13(8-10-14)12-20-21-18(23)15-4-1-2-5-16(15)22-27(24,25)17-6-3-11-26-17/h1-12,22H,(H,21,23)/b20-12-. The van der Waals surface area contributed by atoms with E-state index < -0.39 is 15.9 Å². The Morgan fingerprint density at radius 1 is 1.04 bits per heavy atom. The van der Waals surface area contributed by atoms with Gasteiger partial charge in [-0.25, -0.2) is 13.8 Å². The number of rotatable bonds is 6. The van der Waals surface area contributed by atoms with Gasteiger partial charge in [-0.05, 0) is 41.3 Å². The number of benzene rings is 2. The highest BCUT2D eigenvalue weighted by Gasteiger charge is 2.19. The molecule has 138 valence electrons. The molecule has 0 bridgehead atoms. The summed E-state index contributed by atoms with van der Waals surface area (Å²) in [4.78, 5) is 12.4. The van der Waals surface area contributed by atoms with Crippen molar-refractivity contribution in [1.29, 1.82) is 0 Å².